The molecule has 1 aliphatic rings. The van der Waals surface area contributed by atoms with Gasteiger partial charge in [-0.05, 0) is 50.3 Å². The number of unbranched alkanes of at least 4 members (excludes halogenated alkanes) is 2. The van der Waals surface area contributed by atoms with E-state index in [9.17, 15) is 19.2 Å². The quantitative estimate of drug-likeness (QED) is 0.266. The van der Waals surface area contributed by atoms with Gasteiger partial charge in [-0.25, -0.2) is 4.98 Å². The SMILES string of the molecule is C.CC(C)C.CN1CCC(O)C1.Cc1ncsc1-c1ccc(CNC=O)cc1.O=CCCCCC(=O)NCC=O. The van der Waals surface area contributed by atoms with Gasteiger partial charge >= 0.3 is 0 Å². The summed E-state index contributed by atoms with van der Waals surface area (Å²) in [4.78, 5) is 48.2. The zero-order valence-corrected chi connectivity index (χ0v) is 24.8. The van der Waals surface area contributed by atoms with Crippen LogP contribution in [-0.2, 0) is 25.7 Å². The highest BCUT2D eigenvalue weighted by molar-refractivity contribution is 7.13. The van der Waals surface area contributed by atoms with Crippen molar-refractivity contribution in [1.82, 2.24) is 20.5 Å². The van der Waals surface area contributed by atoms with Crippen LogP contribution < -0.4 is 10.6 Å². The second-order valence-electron chi connectivity index (χ2n) is 9.78. The minimum atomic E-state index is -0.131. The van der Waals surface area contributed by atoms with Gasteiger partial charge in [0.15, 0.2) is 0 Å². The molecule has 1 aliphatic heterocycles. The molecule has 1 unspecified atom stereocenters. The summed E-state index contributed by atoms with van der Waals surface area (Å²) >= 11 is 1.64. The first-order valence-corrected chi connectivity index (χ1v) is 14.2. The maximum absolute atomic E-state index is 10.8. The molecule has 0 aliphatic carbocycles. The fourth-order valence-electron chi connectivity index (χ4n) is 3.18. The van der Waals surface area contributed by atoms with Gasteiger partial charge in [0.2, 0.25) is 12.3 Å². The number of carbonyl (C=O) groups excluding carboxylic acids is 4. The number of carbonyl (C=O) groups is 4. The summed E-state index contributed by atoms with van der Waals surface area (Å²) in [5, 5.41) is 13.9. The Morgan fingerprint density at radius 2 is 1.80 bits per heavy atom. The van der Waals surface area contributed by atoms with Gasteiger partial charge < -0.3 is 30.2 Å². The van der Waals surface area contributed by atoms with Crippen molar-refractivity contribution in [3.8, 4) is 10.4 Å². The van der Waals surface area contributed by atoms with E-state index in [1.54, 1.807) is 11.3 Å². The van der Waals surface area contributed by atoms with Crippen LogP contribution in [0.25, 0.3) is 10.4 Å². The average molecular weight is 579 g/mol. The maximum Gasteiger partial charge on any atom is 0.220 e. The summed E-state index contributed by atoms with van der Waals surface area (Å²) in [6.45, 7) is 11.1. The molecule has 226 valence electrons. The van der Waals surface area contributed by atoms with Crippen molar-refractivity contribution in [2.45, 2.75) is 79.9 Å². The van der Waals surface area contributed by atoms with Crippen LogP contribution in [0.4, 0.5) is 0 Å². The number of aromatic nitrogens is 1. The molecule has 3 N–H and O–H groups in total. The first-order chi connectivity index (χ1) is 18.6. The van der Waals surface area contributed by atoms with E-state index >= 15 is 0 Å². The topological polar surface area (TPSA) is 129 Å². The van der Waals surface area contributed by atoms with Crippen LogP contribution in [0.1, 0.15) is 71.6 Å². The summed E-state index contributed by atoms with van der Waals surface area (Å²) in [7, 11) is 2.02. The zero-order valence-electron chi connectivity index (χ0n) is 24.0. The Morgan fingerprint density at radius 3 is 2.23 bits per heavy atom. The second-order valence-corrected chi connectivity index (χ2v) is 10.6. The zero-order chi connectivity index (χ0) is 29.5. The third-order valence-electron chi connectivity index (χ3n) is 5.08. The Morgan fingerprint density at radius 1 is 1.15 bits per heavy atom. The average Bonchev–Trinajstić information content (AvgIpc) is 3.51. The highest BCUT2D eigenvalue weighted by Gasteiger charge is 2.15. The molecule has 1 aromatic heterocycles. The number of nitrogens with zero attached hydrogens (tertiary/aromatic N) is 2. The van der Waals surface area contributed by atoms with Crippen molar-refractivity contribution >= 4 is 36.2 Å². The number of aliphatic hydroxyl groups is 1. The molecule has 0 radical (unpaired) electrons. The van der Waals surface area contributed by atoms with Crippen LogP contribution in [0, 0.1) is 12.8 Å². The highest BCUT2D eigenvalue weighted by atomic mass is 32.1. The highest BCUT2D eigenvalue weighted by Crippen LogP contribution is 2.27. The van der Waals surface area contributed by atoms with Gasteiger partial charge in [0.1, 0.15) is 12.6 Å². The Bertz CT molecular complexity index is 924. The van der Waals surface area contributed by atoms with Gasteiger partial charge in [0, 0.05) is 32.5 Å². The molecule has 1 saturated heterocycles. The molecule has 0 bridgehead atoms. The van der Waals surface area contributed by atoms with Crippen molar-refractivity contribution in [2.24, 2.45) is 5.92 Å². The lowest BCUT2D eigenvalue weighted by molar-refractivity contribution is -0.122. The molecule has 1 fully saturated rings. The minimum absolute atomic E-state index is 0. The van der Waals surface area contributed by atoms with E-state index in [4.69, 9.17) is 5.11 Å². The minimum Gasteiger partial charge on any atom is -0.392 e. The van der Waals surface area contributed by atoms with E-state index in [1.165, 1.54) is 10.4 Å². The largest absolute Gasteiger partial charge is 0.392 e. The summed E-state index contributed by atoms with van der Waals surface area (Å²) in [6.07, 6.45) is 5.42. The Hall–Kier alpha value is -2.95. The number of thiazole rings is 1. The van der Waals surface area contributed by atoms with Gasteiger partial charge in [-0.15, -0.1) is 11.3 Å². The third-order valence-corrected chi connectivity index (χ3v) is 6.05. The Balaban J connectivity index is 0. The maximum atomic E-state index is 10.8. The van der Waals surface area contributed by atoms with E-state index in [-0.39, 0.29) is 26.0 Å². The van der Waals surface area contributed by atoms with Crippen molar-refractivity contribution < 1.29 is 24.3 Å². The van der Waals surface area contributed by atoms with Crippen molar-refractivity contribution in [2.75, 3.05) is 26.7 Å². The summed E-state index contributed by atoms with van der Waals surface area (Å²) in [5.41, 5.74) is 5.18. The van der Waals surface area contributed by atoms with Gasteiger partial charge in [-0.1, -0.05) is 52.5 Å². The number of likely N-dealkylation sites (N-methyl/N-ethyl adjacent to an activating group) is 1. The normalized spacial score (nSPS) is 13.6. The number of aliphatic hydroxyl groups excluding tert-OH is 1. The van der Waals surface area contributed by atoms with Gasteiger partial charge in [0.25, 0.3) is 0 Å². The van der Waals surface area contributed by atoms with E-state index in [0.29, 0.717) is 38.5 Å². The molecule has 9 nitrogen and oxygen atoms in total. The van der Waals surface area contributed by atoms with Crippen LogP contribution in [0.2, 0.25) is 0 Å². The molecule has 1 aromatic carbocycles. The number of likely N-dealkylation sites (tertiary alicyclic amines) is 1. The standard InChI is InChI=1S/C12H12N2OS.C8H13NO3.C5H11NO.C4H10.CH4/c1-9-12(16-8-14-9)11-4-2-10(3-5-11)6-13-7-15;10-6-3-1-2-4-8(12)9-5-7-11;1-6-3-2-5(7)4-6;1-4(2)3;/h2-5,7-8H,6H2,1H3,(H,13,15);6-7H,1-5H2,(H,9,12);5,7H,2-4H2,1H3;4H,1-3H3;1H4. The smallest absolute Gasteiger partial charge is 0.220 e. The van der Waals surface area contributed by atoms with Crippen LogP contribution in [0.3, 0.4) is 0 Å². The number of rotatable bonds is 11. The molecule has 10 heteroatoms. The monoisotopic (exact) mass is 578 g/mol. The number of benzene rings is 1. The second kappa shape index (κ2) is 25.0. The number of aldehydes is 2. The molecule has 0 saturated carbocycles. The molecule has 40 heavy (non-hydrogen) atoms. The number of hydrogen-bond donors (Lipinski definition) is 3. The number of nitrogens with one attached hydrogen (secondary N) is 2. The van der Waals surface area contributed by atoms with Crippen LogP contribution >= 0.6 is 11.3 Å². The van der Waals surface area contributed by atoms with Crippen LogP contribution in [0.15, 0.2) is 29.8 Å². The van der Waals surface area contributed by atoms with E-state index in [2.05, 4.69) is 53.4 Å². The summed E-state index contributed by atoms with van der Waals surface area (Å²) < 4.78 is 0. The first-order valence-electron chi connectivity index (χ1n) is 13.3. The van der Waals surface area contributed by atoms with E-state index < -0.39 is 0 Å². The Labute approximate surface area is 244 Å². The molecule has 2 heterocycles. The lowest BCUT2D eigenvalue weighted by Gasteiger charge is -2.02. The van der Waals surface area contributed by atoms with Crippen molar-refractivity contribution in [1.29, 1.82) is 0 Å². The number of hydrogen-bond acceptors (Lipinski definition) is 8. The lowest BCUT2D eigenvalue weighted by atomic mass is 10.1. The molecule has 2 aromatic rings. The molecule has 2 amide bonds. The van der Waals surface area contributed by atoms with E-state index in [1.807, 2.05) is 31.6 Å². The lowest BCUT2D eigenvalue weighted by Crippen LogP contribution is -2.24. The number of aryl methyl sites for hydroxylation is 1. The Kier molecular flexibility index (Phi) is 24.5. The molecule has 3 rings (SSSR count). The molecule has 0 spiro atoms. The third kappa shape index (κ3) is 20.9. The van der Waals surface area contributed by atoms with Gasteiger partial charge in [-0.2, -0.15) is 0 Å². The predicted molar refractivity (Wildman–Crippen MR) is 164 cm³/mol. The number of β-amino-alcohol motifs (C(OH)–C–C–N with tert-alkyl or cyclic N) is 1. The van der Waals surface area contributed by atoms with Crippen molar-refractivity contribution in [3.63, 3.8) is 0 Å². The fraction of sp³-hybridized carbons (Fsp3) is 0.567. The summed E-state index contributed by atoms with van der Waals surface area (Å²) in [6, 6.07) is 8.15. The number of amides is 2. The van der Waals surface area contributed by atoms with Crippen LogP contribution in [-0.4, -0.2) is 72.7 Å². The molecular formula is C30H50N4O5S. The van der Waals surface area contributed by atoms with Crippen LogP contribution in [0.5, 0.6) is 0 Å². The fourth-order valence-corrected chi connectivity index (χ4v) is 3.99. The van der Waals surface area contributed by atoms with Gasteiger partial charge in [-0.3, -0.25) is 9.59 Å². The van der Waals surface area contributed by atoms with Crippen molar-refractivity contribution in [3.05, 3.63) is 41.0 Å². The molecule has 1 atom stereocenters. The van der Waals surface area contributed by atoms with Gasteiger partial charge in [0.05, 0.1) is 28.7 Å². The van der Waals surface area contributed by atoms with E-state index in [0.717, 1.165) is 49.4 Å². The predicted octanol–water partition coefficient (Wildman–Crippen LogP) is 4.41. The summed E-state index contributed by atoms with van der Waals surface area (Å²) in [5.74, 6) is 0.702. The molecular weight excluding hydrogens is 528 g/mol. The first kappa shape index (κ1) is 39.2.